The molecule has 5 fully saturated rings. The molecule has 12 heteroatoms. The second-order valence-corrected chi connectivity index (χ2v) is 47.5. The molecular weight excluding hydrogens is 1700 g/mol. The van der Waals surface area contributed by atoms with Gasteiger partial charge in [0.1, 0.15) is 17.2 Å². The summed E-state index contributed by atoms with van der Waals surface area (Å²) in [6.45, 7) is 69.2. The van der Waals surface area contributed by atoms with Gasteiger partial charge in [0.05, 0.1) is 28.4 Å². The quantitative estimate of drug-likeness (QED) is 0.0343. The van der Waals surface area contributed by atoms with Gasteiger partial charge in [0.15, 0.2) is 0 Å². The van der Waals surface area contributed by atoms with Gasteiger partial charge >= 0.3 is 56.6 Å². The molecular formula is C118H185BrClLi3O5P2. The van der Waals surface area contributed by atoms with Crippen LogP contribution in [0.5, 0.6) is 23.0 Å². The Labute approximate surface area is 854 Å². The molecule has 1 saturated heterocycles. The van der Waals surface area contributed by atoms with E-state index in [9.17, 15) is 0 Å². The number of unbranched alkanes of at least 4 members (excludes halogenated alkanes) is 1. The van der Waals surface area contributed by atoms with Crippen LogP contribution in [0.15, 0.2) is 95.5 Å². The zero-order valence-electron chi connectivity index (χ0n) is 89.2. The summed E-state index contributed by atoms with van der Waals surface area (Å²) in [6.07, 6.45) is 33.5. The van der Waals surface area contributed by atoms with Crippen LogP contribution >= 0.6 is 42.4 Å². The van der Waals surface area contributed by atoms with Gasteiger partial charge in [-0.3, -0.25) is 0 Å². The van der Waals surface area contributed by atoms with E-state index in [4.69, 9.17) is 34.9 Å². The molecule has 130 heavy (non-hydrogen) atoms. The van der Waals surface area contributed by atoms with Crippen molar-refractivity contribution in [3.63, 3.8) is 0 Å². The maximum atomic E-state index is 6.70. The van der Waals surface area contributed by atoms with Crippen LogP contribution < -0.4 is 80.8 Å². The van der Waals surface area contributed by atoms with Crippen molar-refractivity contribution in [2.45, 2.75) is 449 Å². The van der Waals surface area contributed by atoms with Crippen molar-refractivity contribution in [2.24, 2.45) is 0 Å². The smallest absolute Gasteiger partial charge is 0.516 e. The minimum Gasteiger partial charge on any atom is -0.516 e. The van der Waals surface area contributed by atoms with Crippen molar-refractivity contribution in [1.82, 2.24) is 0 Å². The second-order valence-electron chi connectivity index (χ2n) is 40.7. The molecule has 0 unspecified atom stereocenters. The second kappa shape index (κ2) is 65.1. The third-order valence-electron chi connectivity index (χ3n) is 26.4. The molecule has 7 aromatic carbocycles. The zero-order chi connectivity index (χ0) is 93.8. The van der Waals surface area contributed by atoms with Gasteiger partial charge in [0.2, 0.25) is 0 Å². The molecule has 1 aliphatic heterocycles. The molecule has 0 amide bonds. The van der Waals surface area contributed by atoms with Crippen molar-refractivity contribution in [2.75, 3.05) is 41.7 Å². The Morgan fingerprint density at radius 3 is 1.00 bits per heavy atom. The van der Waals surface area contributed by atoms with E-state index < -0.39 is 0 Å². The number of halogens is 2. The summed E-state index contributed by atoms with van der Waals surface area (Å²) in [4.78, 5) is 0. The van der Waals surface area contributed by atoms with Gasteiger partial charge in [-0.1, -0.05) is 371 Å². The van der Waals surface area contributed by atoms with E-state index in [1.165, 1.54) is 247 Å². The first-order chi connectivity index (χ1) is 59.8. The number of ether oxygens (including phenoxy) is 5. The van der Waals surface area contributed by atoms with Crippen LogP contribution in [0.4, 0.5) is 0 Å². The Morgan fingerprint density at radius 2 is 0.700 bits per heavy atom. The first kappa shape index (κ1) is 125. The number of rotatable bonds is 24. The van der Waals surface area contributed by atoms with Crippen molar-refractivity contribution in [1.29, 1.82) is 0 Å². The molecule has 12 rings (SSSR count). The molecule has 0 atom stereocenters. The number of aryl methyl sites for hydroxylation is 3. The number of methoxy groups -OCH3 is 4. The molecule has 0 radical (unpaired) electrons. The molecule has 0 aromatic heterocycles. The van der Waals surface area contributed by atoms with Crippen LogP contribution in [0.2, 0.25) is 0 Å². The van der Waals surface area contributed by atoms with Crippen LogP contribution in [0, 0.1) is 39.8 Å². The van der Waals surface area contributed by atoms with Gasteiger partial charge in [0, 0.05) is 28.7 Å². The molecule has 5 aliphatic rings. The predicted octanol–water partition coefficient (Wildman–Crippen LogP) is 29.7. The molecule has 4 saturated carbocycles. The summed E-state index contributed by atoms with van der Waals surface area (Å²) < 4.78 is 28.1. The van der Waals surface area contributed by atoms with E-state index in [-0.39, 0.29) is 79.2 Å². The summed E-state index contributed by atoms with van der Waals surface area (Å²) in [5.74, 6) is 10.2. The summed E-state index contributed by atoms with van der Waals surface area (Å²) in [7, 11) is 6.51. The fourth-order valence-electron chi connectivity index (χ4n) is 18.1. The normalized spacial score (nSPS) is 14.9. The van der Waals surface area contributed by atoms with Gasteiger partial charge in [-0.2, -0.15) is 41.3 Å². The van der Waals surface area contributed by atoms with E-state index in [1.807, 2.05) is 38.3 Å². The summed E-state index contributed by atoms with van der Waals surface area (Å²) in [5.41, 5.74) is 30.2. The van der Waals surface area contributed by atoms with Crippen molar-refractivity contribution < 1.29 is 80.3 Å². The summed E-state index contributed by atoms with van der Waals surface area (Å²) >= 11 is 10.5. The molecule has 5 nitrogen and oxygen atoms in total. The van der Waals surface area contributed by atoms with Crippen LogP contribution in [0.25, 0.3) is 22.3 Å². The van der Waals surface area contributed by atoms with Gasteiger partial charge in [-0.05, 0) is 264 Å². The van der Waals surface area contributed by atoms with Crippen LogP contribution in [0.1, 0.15) is 489 Å². The maximum Gasteiger partial charge on any atom is 1.00 e. The predicted molar refractivity (Wildman–Crippen MR) is 572 cm³/mol. The summed E-state index contributed by atoms with van der Waals surface area (Å²) in [6, 6.07) is 40.7. The molecule has 4 aliphatic carbocycles. The monoisotopic (exact) mass is 1880 g/mol. The van der Waals surface area contributed by atoms with E-state index in [0.29, 0.717) is 71.0 Å². The third-order valence-corrected chi connectivity index (χ3v) is 35.0. The number of benzene rings is 7. The fourth-order valence-corrected chi connectivity index (χ4v) is 26.9. The van der Waals surface area contributed by atoms with Gasteiger partial charge in [-0.25, -0.2) is 0 Å². The average molecular weight is 1880 g/mol. The molecule has 1 heterocycles. The average Bonchev–Trinajstić information content (AvgIpc) is 0.846. The third kappa shape index (κ3) is 39.1. The molecule has 0 N–H and O–H groups in total. The minimum atomic E-state index is -0.288. The van der Waals surface area contributed by atoms with E-state index in [0.717, 1.165) is 65.1 Å². The number of hydrogen-bond acceptors (Lipinski definition) is 5. The van der Waals surface area contributed by atoms with E-state index in [2.05, 4.69) is 289 Å². The van der Waals surface area contributed by atoms with Gasteiger partial charge < -0.3 is 30.6 Å². The minimum absolute atomic E-state index is 0. The molecule has 0 bridgehead atoms. The Hall–Kier alpha value is -2.88. The standard InChI is InChI=1S/C35H53OP.C23H31O.C15H23Br.C15H23.C12H22ClP.C9H12O2.C4H8O.C4H9.CH4.3Li/c1-23(2)27-21-30(24(3)4)34(31(22-27)25(5)6)33-26(7)19-20-32(36-8)35(33)37(28-15-11-9-12-16-28)29-17-13-10-14-18-29;1-14(2)18-11-20(15(3)4)23(21(12-18)16(5)6)22-13-19(24-8)10-9-17(22)7;1-9(2)12-7-13(10(3)4)15(16)14(8-12)11(5)6;1-10(2)13-7-14(11(3)4)9-15(8-13)12(5)6;13-14(11-7-3-1-4-8-11)12-9-5-2-6-10-12;1-7-6-8(10-2)4-5-9(7)11-3;1-2-4-5-3-1;1-3-4-2;;;;/h19-25,28-29H,9-18H2,1-8H3;9-12,14-16H,1-8H3;7-11H,1-6H3;7-8,10-12H,1-6H3;11-12H,1-10H2;4-6H,1-3H3;1-4H2;1,3-4H2,2H3;1H4;;;/q;-1;;-1;;;;-1;;3*+1. The van der Waals surface area contributed by atoms with Crippen molar-refractivity contribution >= 4 is 47.7 Å². The van der Waals surface area contributed by atoms with Crippen LogP contribution in [-0.2, 0) is 4.74 Å². The fraction of sp³-hybridized carbons (Fsp3) is 0.636. The Morgan fingerprint density at radius 1 is 0.369 bits per heavy atom. The first-order valence-electron chi connectivity index (χ1n) is 50.1. The van der Waals surface area contributed by atoms with Crippen LogP contribution in [-0.4, -0.2) is 64.3 Å². The molecule has 714 valence electrons. The van der Waals surface area contributed by atoms with E-state index >= 15 is 0 Å². The molecule has 7 aromatic rings. The summed E-state index contributed by atoms with van der Waals surface area (Å²) in [5, 5.41) is 1.62. The van der Waals surface area contributed by atoms with Crippen LogP contribution in [0.3, 0.4) is 0 Å². The largest absolute Gasteiger partial charge is 1.00 e. The molecule has 0 spiro atoms. The van der Waals surface area contributed by atoms with Crippen molar-refractivity contribution in [3.8, 4) is 45.3 Å². The van der Waals surface area contributed by atoms with E-state index in [1.54, 1.807) is 37.8 Å². The van der Waals surface area contributed by atoms with Gasteiger partial charge in [-0.15, -0.1) is 23.3 Å². The maximum absolute atomic E-state index is 6.70. The topological polar surface area (TPSA) is 46.2 Å². The zero-order valence-corrected chi connectivity index (χ0v) is 93.3. The Bertz CT molecular complexity index is 4070. The number of hydrogen-bond donors (Lipinski definition) is 0. The van der Waals surface area contributed by atoms with Crippen molar-refractivity contribution in [3.05, 3.63) is 198 Å². The SMILES string of the molecule is C.C1CCOC1.CC(C)c1[c-]c(C(C)C)cc(C(C)C)c1.CC(C)c1cc(C(C)C)c(Br)c(C(C)C)c1.COc1[c-]c(-c2c(C(C)C)cc(C(C)C)cc2C(C)C)c(C)cc1.COc1ccc(C)c(-c2c(C(C)C)cc(C(C)C)cc2C(C)C)c1P(C1CCCCC1)C1CCCCC1.COc1ccc(OC)c(C)c1.ClP(C1CCCCC1)C1CCCCC1.[CH2-]CCC.[Li+].[Li+].[Li+]. The Kier molecular flexibility index (Phi) is 62.7. The first-order valence-corrected chi connectivity index (χ1v) is 54.8. The van der Waals surface area contributed by atoms with Gasteiger partial charge in [0.25, 0.3) is 0 Å². The Balaban J connectivity index is 0.000000794.